The summed E-state index contributed by atoms with van der Waals surface area (Å²) >= 11 is 12.0. The highest BCUT2D eigenvalue weighted by atomic mass is 35.5. The number of nitrogens with one attached hydrogen (secondary N) is 1. The highest BCUT2D eigenvalue weighted by molar-refractivity contribution is 7.84. The van der Waals surface area contributed by atoms with Gasteiger partial charge in [0.1, 0.15) is 24.0 Å². The van der Waals surface area contributed by atoms with Crippen LogP contribution in [0.4, 0.5) is 10.2 Å². The Morgan fingerprint density at radius 3 is 2.80 bits per heavy atom. The Hall–Kier alpha value is -2.64. The molecule has 3 aromatic rings. The van der Waals surface area contributed by atoms with Gasteiger partial charge in [-0.25, -0.2) is 19.5 Å². The number of carbonyl (C=O) groups excluding carboxylic acids is 1. The highest BCUT2D eigenvalue weighted by Crippen LogP contribution is 2.32. The molecule has 0 aliphatic heterocycles. The number of hydrogen-bond acceptors (Lipinski definition) is 8. The number of carbonyl (C=O) groups is 1. The normalized spacial score (nSPS) is 20.2. The fraction of sp³-hybridized carbons (Fsp3) is 0.333. The van der Waals surface area contributed by atoms with Crippen molar-refractivity contribution in [1.29, 1.82) is 0 Å². The summed E-state index contributed by atoms with van der Waals surface area (Å²) in [6.45, 7) is 0.150. The molecule has 0 radical (unpaired) electrons. The Kier molecular flexibility index (Phi) is 7.67. The van der Waals surface area contributed by atoms with Crippen molar-refractivity contribution in [3.63, 3.8) is 0 Å². The maximum atomic E-state index is 14.6. The largest absolute Gasteiger partial charge is 0.364 e. The minimum atomic E-state index is -4.11. The number of nitrogens with two attached hydrogens (primary N) is 1. The third-order valence-electron chi connectivity index (χ3n) is 5.53. The van der Waals surface area contributed by atoms with Gasteiger partial charge in [-0.2, -0.15) is 13.5 Å². The van der Waals surface area contributed by atoms with E-state index in [1.54, 1.807) is 35.1 Å². The van der Waals surface area contributed by atoms with E-state index in [4.69, 9.17) is 28.3 Å². The summed E-state index contributed by atoms with van der Waals surface area (Å²) in [7, 11) is -4.11. The van der Waals surface area contributed by atoms with Gasteiger partial charge in [0.2, 0.25) is 5.78 Å². The summed E-state index contributed by atoms with van der Waals surface area (Å²) in [5.74, 6) is -0.646. The van der Waals surface area contributed by atoms with Crippen LogP contribution in [0.15, 0.2) is 43.0 Å². The number of anilines is 1. The topological polar surface area (TPSA) is 142 Å². The predicted octanol–water partition coefficient (Wildman–Crippen LogP) is 3.01. The molecule has 10 nitrogen and oxygen atoms in total. The fourth-order valence-corrected chi connectivity index (χ4v) is 4.59. The number of rotatable bonds is 9. The molecular weight excluding hydrogens is 522 g/mol. The van der Waals surface area contributed by atoms with Crippen LogP contribution in [0.5, 0.6) is 0 Å². The molecule has 1 aliphatic rings. The van der Waals surface area contributed by atoms with Crippen LogP contribution in [-0.2, 0) is 21.0 Å². The van der Waals surface area contributed by atoms with Gasteiger partial charge in [0, 0.05) is 12.4 Å². The van der Waals surface area contributed by atoms with E-state index in [2.05, 4.69) is 24.6 Å². The van der Waals surface area contributed by atoms with Crippen molar-refractivity contribution in [1.82, 2.24) is 19.7 Å². The van der Waals surface area contributed by atoms with Gasteiger partial charge in [-0.15, -0.1) is 0 Å². The number of alkyl halides is 1. The van der Waals surface area contributed by atoms with Crippen molar-refractivity contribution in [3.05, 3.63) is 69.9 Å². The number of hydrogen-bond donors (Lipinski definition) is 2. The smallest absolute Gasteiger partial charge is 0.333 e. The first-order chi connectivity index (χ1) is 16.6. The molecule has 3 unspecified atom stereocenters. The van der Waals surface area contributed by atoms with Crippen LogP contribution in [0, 0.1) is 5.92 Å². The Labute approximate surface area is 210 Å². The second kappa shape index (κ2) is 10.5. The molecule has 1 fully saturated rings. The number of benzene rings is 1. The van der Waals surface area contributed by atoms with Crippen molar-refractivity contribution in [2.75, 3.05) is 11.9 Å². The number of halogens is 3. The number of ketones is 1. The van der Waals surface area contributed by atoms with E-state index >= 15 is 0 Å². The molecule has 14 heteroatoms. The highest BCUT2D eigenvalue weighted by Gasteiger charge is 2.36. The van der Waals surface area contributed by atoms with Crippen molar-refractivity contribution in [2.24, 2.45) is 11.1 Å². The SMILES string of the molecule is NS(=O)(=O)OCC1CC(F)C(Nc2ncncc2C(=O)c2ccn(Cc3ccc(Cl)c(Cl)c3)n2)C1. The van der Waals surface area contributed by atoms with Crippen LogP contribution >= 0.6 is 23.2 Å². The second-order valence-electron chi connectivity index (χ2n) is 8.14. The van der Waals surface area contributed by atoms with Gasteiger partial charge in [-0.05, 0) is 42.5 Å². The number of aromatic nitrogens is 4. The van der Waals surface area contributed by atoms with Crippen molar-refractivity contribution >= 4 is 45.1 Å². The zero-order chi connectivity index (χ0) is 25.2. The van der Waals surface area contributed by atoms with Crippen molar-refractivity contribution in [3.8, 4) is 0 Å². The van der Waals surface area contributed by atoms with E-state index in [1.165, 1.54) is 12.5 Å². The van der Waals surface area contributed by atoms with Gasteiger partial charge < -0.3 is 5.32 Å². The Morgan fingerprint density at radius 2 is 2.06 bits per heavy atom. The average Bonchev–Trinajstić information content (AvgIpc) is 3.41. The van der Waals surface area contributed by atoms with Gasteiger partial charge in [-0.1, -0.05) is 29.3 Å². The lowest BCUT2D eigenvalue weighted by molar-refractivity contribution is 0.103. The Morgan fingerprint density at radius 1 is 1.26 bits per heavy atom. The van der Waals surface area contributed by atoms with E-state index in [0.29, 0.717) is 16.6 Å². The Bertz CT molecular complexity index is 1340. The molecule has 0 saturated heterocycles. The van der Waals surface area contributed by atoms with Crippen LogP contribution in [-0.4, -0.2) is 52.8 Å². The summed E-state index contributed by atoms with van der Waals surface area (Å²) in [5, 5.41) is 13.0. The van der Waals surface area contributed by atoms with Crippen LogP contribution in [0.25, 0.3) is 0 Å². The molecule has 1 aliphatic carbocycles. The molecule has 4 rings (SSSR count). The van der Waals surface area contributed by atoms with Crippen molar-refractivity contribution < 1.29 is 21.8 Å². The molecule has 2 heterocycles. The van der Waals surface area contributed by atoms with Crippen LogP contribution in [0.1, 0.15) is 34.5 Å². The molecule has 0 bridgehead atoms. The van der Waals surface area contributed by atoms with E-state index in [1.807, 2.05) is 0 Å². The molecule has 3 N–H and O–H groups in total. The first kappa shape index (κ1) is 25.5. The Balaban J connectivity index is 1.45. The lowest BCUT2D eigenvalue weighted by Crippen LogP contribution is -2.27. The van der Waals surface area contributed by atoms with Crippen LogP contribution in [0.3, 0.4) is 0 Å². The fourth-order valence-electron chi connectivity index (χ4n) is 3.88. The molecule has 186 valence electrons. The summed E-state index contributed by atoms with van der Waals surface area (Å²) < 4.78 is 42.8. The zero-order valence-electron chi connectivity index (χ0n) is 18.1. The van der Waals surface area contributed by atoms with E-state index in [0.717, 1.165) is 5.56 Å². The molecule has 35 heavy (non-hydrogen) atoms. The molecule has 0 spiro atoms. The standard InChI is InChI=1S/C21H21Cl2FN6O4S/c22-15-2-1-12(5-16(15)23)9-30-4-3-18(29-30)20(31)14-8-26-11-27-21(14)28-19-7-13(6-17(19)24)10-34-35(25,32)33/h1-5,8,11,13,17,19H,6-7,9-10H2,(H2,25,32,33)(H,26,27,28). The van der Waals surface area contributed by atoms with Gasteiger partial charge in [0.15, 0.2) is 0 Å². The molecule has 2 aromatic heterocycles. The lowest BCUT2D eigenvalue weighted by Gasteiger charge is -2.17. The number of nitrogens with zero attached hydrogens (tertiary/aromatic N) is 4. The molecule has 1 aromatic carbocycles. The van der Waals surface area contributed by atoms with Crippen LogP contribution < -0.4 is 10.5 Å². The van der Waals surface area contributed by atoms with Gasteiger partial charge >= 0.3 is 10.3 Å². The maximum absolute atomic E-state index is 14.6. The second-order valence-corrected chi connectivity index (χ2v) is 10.2. The molecule has 1 saturated carbocycles. The van der Waals surface area contributed by atoms with Gasteiger partial charge in [-0.3, -0.25) is 13.7 Å². The quantitative estimate of drug-likeness (QED) is 0.393. The minimum Gasteiger partial charge on any atom is -0.364 e. The maximum Gasteiger partial charge on any atom is 0.333 e. The third kappa shape index (κ3) is 6.53. The molecule has 3 atom stereocenters. The third-order valence-corrected chi connectivity index (χ3v) is 6.73. The first-order valence-electron chi connectivity index (χ1n) is 10.5. The van der Waals surface area contributed by atoms with E-state index < -0.39 is 28.3 Å². The zero-order valence-corrected chi connectivity index (χ0v) is 20.5. The summed E-state index contributed by atoms with van der Waals surface area (Å²) in [6, 6.07) is 6.07. The lowest BCUT2D eigenvalue weighted by atomic mass is 10.1. The average molecular weight is 543 g/mol. The minimum absolute atomic E-state index is 0.0840. The van der Waals surface area contributed by atoms with Crippen LogP contribution in [0.2, 0.25) is 10.0 Å². The molecule has 0 amide bonds. The molecular formula is C21H21Cl2FN6O4S. The van der Waals surface area contributed by atoms with Gasteiger partial charge in [0.25, 0.3) is 0 Å². The van der Waals surface area contributed by atoms with Crippen molar-refractivity contribution in [2.45, 2.75) is 31.6 Å². The summed E-state index contributed by atoms with van der Waals surface area (Å²) in [5.41, 5.74) is 1.14. The van der Waals surface area contributed by atoms with E-state index in [9.17, 15) is 17.6 Å². The van der Waals surface area contributed by atoms with E-state index in [-0.39, 0.29) is 42.4 Å². The van der Waals surface area contributed by atoms with Gasteiger partial charge in [0.05, 0.1) is 34.8 Å². The summed E-state index contributed by atoms with van der Waals surface area (Å²) in [6.07, 6.45) is 3.28. The first-order valence-corrected chi connectivity index (χ1v) is 12.7. The summed E-state index contributed by atoms with van der Waals surface area (Å²) in [4.78, 5) is 21.2. The predicted molar refractivity (Wildman–Crippen MR) is 127 cm³/mol. The monoisotopic (exact) mass is 542 g/mol.